The number of aliphatic hydroxyl groups excluding tert-OH is 1. The molecule has 0 saturated heterocycles. The van der Waals surface area contributed by atoms with Crippen LogP contribution in [0.4, 0.5) is 0 Å². The van der Waals surface area contributed by atoms with Gasteiger partial charge >= 0.3 is 22.9 Å². The van der Waals surface area contributed by atoms with Crippen LogP contribution in [0.25, 0.3) is 0 Å². The SMILES string of the molecule is CC(C)(C)c1cc(C2=[N+]([O-])C(C)(C)C(C)(C)[N+]2=O)cc([O-])c1[O-].CO.[Fe+3].c1ccc(CN(Cc2ccccn2)Cc2ccccn2)nc1.c1ccc([B-](c2ccccc2)(c2ccccc2)c2ccccc2)cc1. The summed E-state index contributed by atoms with van der Waals surface area (Å²) in [4.78, 5) is 28.2. The average Bonchev–Trinajstić information content (AvgIpc) is 3.52. The fraction of sp³-hybridized carbons (Fsp3) is 0.233. The fourth-order valence-electron chi connectivity index (χ4n) is 9.08. The molecule has 0 bridgehead atoms. The van der Waals surface area contributed by atoms with Crippen molar-refractivity contribution in [2.75, 3.05) is 7.11 Å². The van der Waals surface area contributed by atoms with Crippen LogP contribution < -0.4 is 32.1 Å². The van der Waals surface area contributed by atoms with Crippen molar-refractivity contribution in [2.24, 2.45) is 0 Å². The number of hydroxylamine groups is 1. The van der Waals surface area contributed by atoms with Gasteiger partial charge in [-0.2, -0.15) is 21.9 Å². The van der Waals surface area contributed by atoms with Crippen molar-refractivity contribution in [1.82, 2.24) is 19.9 Å². The maximum atomic E-state index is 12.7. The number of nitroso groups, excluding NO2 is 1. The first kappa shape index (κ1) is 56.6. The van der Waals surface area contributed by atoms with Crippen LogP contribution in [0.3, 0.4) is 0 Å². The predicted octanol–water partition coefficient (Wildman–Crippen LogP) is 7.48. The molecule has 5 aromatic carbocycles. The largest absolute Gasteiger partial charge is 3.00 e. The molecule has 0 unspecified atom stereocenters. The molecule has 0 amide bonds. The standard InChI is InChI=1S/C24H20B.C18H18N4.C17H24N2O4.CH4O.Fe/c1-5-13-21(14-6-1)25(22-15-7-2-8-16-22,23-17-9-3-10-18-23)24-19-11-4-12-20-24;1-4-10-19-16(7-1)13-22(14-17-8-2-5-11-20-17)15-18-9-3-6-12-21-18;1-15(2,3)11-8-10(9-12(20)13(11)21)14-18(22)16(4,5)17(6,7)19(14)23;1-2;/h1-20H;1-12H,13-15H2;8-9H,1-7H3,(H-,20,21);2H,1H3;/q-1;;;;+3/p-1. The Hall–Kier alpha value is -7.28. The molecule has 0 spiro atoms. The second kappa shape index (κ2) is 25.4. The summed E-state index contributed by atoms with van der Waals surface area (Å²) in [7, 11) is 1.00. The molecular weight excluding hydrogens is 951 g/mol. The molecule has 11 nitrogen and oxygen atoms in total. The van der Waals surface area contributed by atoms with Crippen LogP contribution in [-0.2, 0) is 42.1 Å². The summed E-state index contributed by atoms with van der Waals surface area (Å²) in [5.41, 5.74) is 6.52. The second-order valence-corrected chi connectivity index (χ2v) is 19.7. The van der Waals surface area contributed by atoms with Crippen molar-refractivity contribution in [2.45, 2.75) is 84.6 Å². The molecule has 8 aromatic rings. The smallest absolute Gasteiger partial charge is 0.873 e. The van der Waals surface area contributed by atoms with Crippen LogP contribution in [0, 0.1) is 10.1 Å². The number of amidine groups is 1. The van der Waals surface area contributed by atoms with E-state index < -0.39 is 34.1 Å². The van der Waals surface area contributed by atoms with E-state index in [1.807, 2.05) is 94.0 Å². The van der Waals surface area contributed by atoms with Gasteiger partial charge in [-0.25, -0.2) is 0 Å². The van der Waals surface area contributed by atoms with E-state index in [9.17, 15) is 20.3 Å². The average molecular weight is 1020 g/mol. The molecule has 13 heteroatoms. The Labute approximate surface area is 441 Å². The van der Waals surface area contributed by atoms with Crippen molar-refractivity contribution in [3.8, 4) is 11.5 Å². The third kappa shape index (κ3) is 13.0. The van der Waals surface area contributed by atoms with Crippen LogP contribution in [0.15, 0.2) is 207 Å². The minimum Gasteiger partial charge on any atom is -0.873 e. The van der Waals surface area contributed by atoms with Gasteiger partial charge in [-0.15, -0.1) is 16.2 Å². The number of rotatable bonds is 11. The van der Waals surface area contributed by atoms with E-state index in [-0.39, 0.29) is 28.5 Å². The molecule has 9 rings (SSSR count). The molecule has 0 atom stereocenters. The van der Waals surface area contributed by atoms with Crippen LogP contribution in [0.2, 0.25) is 0 Å². The van der Waals surface area contributed by atoms with Gasteiger partial charge in [0.2, 0.25) is 5.54 Å². The van der Waals surface area contributed by atoms with E-state index in [0.717, 1.165) is 49.9 Å². The summed E-state index contributed by atoms with van der Waals surface area (Å²) < 4.78 is 1.29. The van der Waals surface area contributed by atoms with Gasteiger partial charge in [-0.3, -0.25) is 19.9 Å². The Balaban J connectivity index is 0.000000199. The predicted molar refractivity (Wildman–Crippen MR) is 287 cm³/mol. The summed E-state index contributed by atoms with van der Waals surface area (Å²) in [5, 5.41) is 43.8. The van der Waals surface area contributed by atoms with Crippen molar-refractivity contribution in [3.63, 3.8) is 0 Å². The Morgan fingerprint density at radius 3 is 1.14 bits per heavy atom. The van der Waals surface area contributed by atoms with E-state index in [1.54, 1.807) is 27.7 Å². The number of nitrogens with zero attached hydrogens (tertiary/aromatic N) is 6. The van der Waals surface area contributed by atoms with Gasteiger partial charge in [0, 0.05) is 77.9 Å². The molecule has 1 radical (unpaired) electrons. The van der Waals surface area contributed by atoms with E-state index in [4.69, 9.17) is 5.11 Å². The molecule has 73 heavy (non-hydrogen) atoms. The normalized spacial score (nSPS) is 13.5. The Bertz CT molecular complexity index is 2720. The number of pyridine rings is 3. The third-order valence-corrected chi connectivity index (χ3v) is 13.6. The zero-order chi connectivity index (χ0) is 51.9. The third-order valence-electron chi connectivity index (χ3n) is 13.6. The quantitative estimate of drug-likeness (QED) is 0.0790. The molecule has 1 aliphatic heterocycles. The van der Waals surface area contributed by atoms with Crippen molar-refractivity contribution < 1.29 is 41.9 Å². The summed E-state index contributed by atoms with van der Waals surface area (Å²) in [6.07, 6.45) is 4.27. The van der Waals surface area contributed by atoms with Crippen LogP contribution in [0.5, 0.6) is 11.5 Å². The van der Waals surface area contributed by atoms with Gasteiger partial charge in [0.1, 0.15) is 16.5 Å². The van der Waals surface area contributed by atoms with E-state index in [2.05, 4.69) is 141 Å². The summed E-state index contributed by atoms with van der Waals surface area (Å²) in [5.74, 6) is -1.42. The van der Waals surface area contributed by atoms with Gasteiger partial charge in [0.15, 0.2) is 0 Å². The molecule has 1 aliphatic rings. The second-order valence-electron chi connectivity index (χ2n) is 19.7. The topological polar surface area (TPSA) is 154 Å². The molecular formula is C60H65BFeN6O5+. The van der Waals surface area contributed by atoms with Crippen LogP contribution >= 0.6 is 0 Å². The summed E-state index contributed by atoms with van der Waals surface area (Å²) in [6, 6.07) is 64.1. The number of hydrogen-bond donors (Lipinski definition) is 1. The van der Waals surface area contributed by atoms with Gasteiger partial charge in [0.25, 0.3) is 5.54 Å². The molecule has 0 fully saturated rings. The van der Waals surface area contributed by atoms with E-state index >= 15 is 0 Å². The Kier molecular flexibility index (Phi) is 19.7. The zero-order valence-electron chi connectivity index (χ0n) is 42.9. The molecule has 3 aromatic heterocycles. The number of aliphatic hydroxyl groups is 1. The van der Waals surface area contributed by atoms with Crippen molar-refractivity contribution in [1.29, 1.82) is 0 Å². The number of benzene rings is 5. The van der Waals surface area contributed by atoms with Gasteiger partial charge in [-0.05, 0) is 53.9 Å². The van der Waals surface area contributed by atoms with Crippen molar-refractivity contribution in [3.05, 3.63) is 245 Å². The van der Waals surface area contributed by atoms with E-state index in [1.165, 1.54) is 27.9 Å². The maximum Gasteiger partial charge on any atom is 3.00 e. The van der Waals surface area contributed by atoms with Gasteiger partial charge in [-0.1, -0.05) is 166 Å². The Morgan fingerprint density at radius 1 is 0.534 bits per heavy atom. The van der Waals surface area contributed by atoms with E-state index in [0.29, 0.717) is 15.1 Å². The molecule has 0 aliphatic carbocycles. The van der Waals surface area contributed by atoms with Crippen LogP contribution in [-0.4, -0.2) is 64.6 Å². The molecule has 0 saturated carbocycles. The molecule has 1 N–H and O–H groups in total. The van der Waals surface area contributed by atoms with Crippen molar-refractivity contribution >= 4 is 33.8 Å². The zero-order valence-corrected chi connectivity index (χ0v) is 44.0. The summed E-state index contributed by atoms with van der Waals surface area (Å²) >= 11 is 0. The van der Waals surface area contributed by atoms with Gasteiger partial charge in [0.05, 0.1) is 17.1 Å². The number of hydrogen-bond acceptors (Lipinski definition) is 9. The molecule has 4 heterocycles. The minimum absolute atomic E-state index is 0. The fourth-order valence-corrected chi connectivity index (χ4v) is 9.08. The number of aromatic nitrogens is 3. The van der Waals surface area contributed by atoms with Gasteiger partial charge < -0.3 is 20.5 Å². The van der Waals surface area contributed by atoms with Crippen LogP contribution in [0.1, 0.15) is 76.7 Å². The first-order valence-corrected chi connectivity index (χ1v) is 24.1. The minimum atomic E-state index is -1.22. The first-order valence-electron chi connectivity index (χ1n) is 24.1. The maximum absolute atomic E-state index is 12.7. The Morgan fingerprint density at radius 2 is 0.863 bits per heavy atom. The summed E-state index contributed by atoms with van der Waals surface area (Å²) in [6.45, 7) is 14.5. The molecule has 375 valence electrons. The monoisotopic (exact) mass is 1020 g/mol. The first-order chi connectivity index (χ1) is 34.5.